The maximum Gasteiger partial charge on any atom is 0.267 e. The summed E-state index contributed by atoms with van der Waals surface area (Å²) in [7, 11) is 3.31. The van der Waals surface area contributed by atoms with Gasteiger partial charge < -0.3 is 19.7 Å². The Labute approximate surface area is 146 Å². The van der Waals surface area contributed by atoms with E-state index < -0.39 is 6.10 Å². The van der Waals surface area contributed by atoms with Crippen LogP contribution in [-0.4, -0.2) is 32.1 Å². The molecule has 0 radical (unpaired) electrons. The van der Waals surface area contributed by atoms with Crippen LogP contribution in [0.2, 0.25) is 0 Å². The molecule has 0 aromatic heterocycles. The van der Waals surface area contributed by atoms with Crippen molar-refractivity contribution in [3.05, 3.63) is 53.6 Å². The second kappa shape index (κ2) is 6.84. The monoisotopic (exact) mass is 340 g/mol. The summed E-state index contributed by atoms with van der Waals surface area (Å²) in [5.74, 6) is 1.00. The zero-order chi connectivity index (χ0) is 18.0. The molecule has 1 unspecified atom stereocenters. The average Bonchev–Trinajstić information content (AvgIpc) is 2.64. The Morgan fingerprint density at radius 1 is 1.24 bits per heavy atom. The van der Waals surface area contributed by atoms with Gasteiger partial charge in [0, 0.05) is 19.2 Å². The number of rotatable bonds is 4. The lowest BCUT2D eigenvalue weighted by molar-refractivity contribution is -0.125. The Kier molecular flexibility index (Phi) is 4.61. The van der Waals surface area contributed by atoms with Crippen molar-refractivity contribution in [2.24, 2.45) is 0 Å². The zero-order valence-electron chi connectivity index (χ0n) is 14.4. The first-order chi connectivity index (χ1) is 12.0. The van der Waals surface area contributed by atoms with Crippen molar-refractivity contribution in [1.82, 2.24) is 5.32 Å². The molecule has 2 aromatic carbocycles. The molecule has 1 heterocycles. The number of nitrogens with one attached hydrogen (secondary N) is 1. The van der Waals surface area contributed by atoms with E-state index in [1.165, 1.54) is 0 Å². The van der Waals surface area contributed by atoms with E-state index in [-0.39, 0.29) is 11.8 Å². The number of hydrogen-bond donors (Lipinski definition) is 1. The van der Waals surface area contributed by atoms with Crippen LogP contribution in [0.3, 0.4) is 0 Å². The van der Waals surface area contributed by atoms with Crippen molar-refractivity contribution >= 4 is 17.5 Å². The number of anilines is 1. The number of likely N-dealkylation sites (N-methyl/N-ethyl adjacent to an activating group) is 1. The van der Waals surface area contributed by atoms with Gasteiger partial charge in [0.2, 0.25) is 0 Å². The highest BCUT2D eigenvalue weighted by molar-refractivity contribution is 6.01. The highest BCUT2D eigenvalue weighted by atomic mass is 16.5. The Hall–Kier alpha value is -3.02. The van der Waals surface area contributed by atoms with Gasteiger partial charge in [-0.25, -0.2) is 0 Å². The number of fused-ring (bicyclic) bond motifs is 1. The van der Waals surface area contributed by atoms with Crippen molar-refractivity contribution in [2.45, 2.75) is 19.6 Å². The second-order valence-electron chi connectivity index (χ2n) is 5.87. The van der Waals surface area contributed by atoms with Crippen LogP contribution in [0.1, 0.15) is 22.8 Å². The fourth-order valence-electron chi connectivity index (χ4n) is 2.69. The first-order valence-electron chi connectivity index (χ1n) is 7.99. The van der Waals surface area contributed by atoms with Gasteiger partial charge in [0.25, 0.3) is 11.8 Å². The number of carbonyl (C=O) groups is 2. The topological polar surface area (TPSA) is 67.9 Å². The number of nitrogens with zero attached hydrogens (tertiary/aromatic N) is 1. The smallest absolute Gasteiger partial charge is 0.267 e. The summed E-state index contributed by atoms with van der Waals surface area (Å²) >= 11 is 0. The van der Waals surface area contributed by atoms with Crippen LogP contribution in [0.4, 0.5) is 5.69 Å². The van der Waals surface area contributed by atoms with E-state index in [2.05, 4.69) is 5.32 Å². The van der Waals surface area contributed by atoms with E-state index in [1.807, 2.05) is 24.3 Å². The molecular weight excluding hydrogens is 320 g/mol. The standard InChI is InChI=1S/C19H20N2O4/c1-12-19(23)21(2)16-9-6-14(10-17(16)25-12)18(22)20-11-13-4-7-15(24-3)8-5-13/h4-10,12H,11H2,1-3H3,(H,20,22). The molecule has 6 nitrogen and oxygen atoms in total. The number of carbonyl (C=O) groups excluding carboxylic acids is 2. The molecule has 0 bridgehead atoms. The number of methoxy groups -OCH3 is 1. The lowest BCUT2D eigenvalue weighted by Gasteiger charge is -2.30. The highest BCUT2D eigenvalue weighted by Gasteiger charge is 2.29. The van der Waals surface area contributed by atoms with Crippen molar-refractivity contribution in [1.29, 1.82) is 0 Å². The lowest BCUT2D eigenvalue weighted by atomic mass is 10.1. The Balaban J connectivity index is 1.70. The fraction of sp³-hybridized carbons (Fsp3) is 0.263. The predicted octanol–water partition coefficient (Wildman–Crippen LogP) is 2.37. The van der Waals surface area contributed by atoms with Crippen molar-refractivity contribution in [3.8, 4) is 11.5 Å². The summed E-state index contributed by atoms with van der Waals surface area (Å²) in [5, 5.41) is 2.87. The summed E-state index contributed by atoms with van der Waals surface area (Å²) < 4.78 is 10.7. The van der Waals surface area contributed by atoms with E-state index in [1.54, 1.807) is 44.2 Å². The minimum absolute atomic E-state index is 0.107. The molecule has 0 saturated carbocycles. The minimum Gasteiger partial charge on any atom is -0.497 e. The van der Waals surface area contributed by atoms with Gasteiger partial charge in [-0.1, -0.05) is 12.1 Å². The molecule has 0 aliphatic carbocycles. The molecule has 0 spiro atoms. The SMILES string of the molecule is COc1ccc(CNC(=O)c2ccc3c(c2)OC(C)C(=O)N3C)cc1. The second-order valence-corrected chi connectivity index (χ2v) is 5.87. The molecule has 0 saturated heterocycles. The number of hydrogen-bond acceptors (Lipinski definition) is 4. The van der Waals surface area contributed by atoms with Crippen molar-refractivity contribution in [2.75, 3.05) is 19.1 Å². The molecule has 2 amide bonds. The molecular formula is C19H20N2O4. The molecule has 6 heteroatoms. The van der Waals surface area contributed by atoms with E-state index in [4.69, 9.17) is 9.47 Å². The molecule has 1 atom stereocenters. The maximum absolute atomic E-state index is 12.4. The van der Waals surface area contributed by atoms with E-state index >= 15 is 0 Å². The van der Waals surface area contributed by atoms with Gasteiger partial charge in [-0.15, -0.1) is 0 Å². The normalized spacial score (nSPS) is 16.0. The van der Waals surface area contributed by atoms with E-state index in [0.717, 1.165) is 11.3 Å². The first kappa shape index (κ1) is 16.8. The van der Waals surface area contributed by atoms with E-state index in [9.17, 15) is 9.59 Å². The number of benzene rings is 2. The molecule has 25 heavy (non-hydrogen) atoms. The van der Waals surface area contributed by atoms with Crippen LogP contribution in [0, 0.1) is 0 Å². The van der Waals surface area contributed by atoms with E-state index in [0.29, 0.717) is 23.5 Å². The van der Waals surface area contributed by atoms with Gasteiger partial charge in [0.05, 0.1) is 12.8 Å². The van der Waals surface area contributed by atoms with Gasteiger partial charge in [0.1, 0.15) is 11.5 Å². The largest absolute Gasteiger partial charge is 0.497 e. The minimum atomic E-state index is -0.560. The van der Waals surface area contributed by atoms with Crippen molar-refractivity contribution in [3.63, 3.8) is 0 Å². The summed E-state index contributed by atoms with van der Waals surface area (Å²) in [4.78, 5) is 25.9. The Morgan fingerprint density at radius 2 is 1.96 bits per heavy atom. The third kappa shape index (κ3) is 3.42. The van der Waals surface area contributed by atoms with Crippen molar-refractivity contribution < 1.29 is 19.1 Å². The van der Waals surface area contributed by atoms with Gasteiger partial charge >= 0.3 is 0 Å². The van der Waals surface area contributed by atoms with Gasteiger partial charge in [-0.05, 0) is 42.8 Å². The summed E-state index contributed by atoms with van der Waals surface area (Å²) in [6.45, 7) is 2.10. The third-order valence-electron chi connectivity index (χ3n) is 4.18. The molecule has 2 aromatic rings. The Morgan fingerprint density at radius 3 is 2.64 bits per heavy atom. The van der Waals surface area contributed by atoms with Gasteiger partial charge in [-0.2, -0.15) is 0 Å². The van der Waals surface area contributed by atoms with Crippen LogP contribution in [0.15, 0.2) is 42.5 Å². The number of ether oxygens (including phenoxy) is 2. The fourth-order valence-corrected chi connectivity index (χ4v) is 2.69. The molecule has 1 aliphatic heterocycles. The lowest BCUT2D eigenvalue weighted by Crippen LogP contribution is -2.42. The summed E-state index contributed by atoms with van der Waals surface area (Å²) in [6.07, 6.45) is -0.560. The molecule has 130 valence electrons. The van der Waals surface area contributed by atoms with Crippen LogP contribution in [-0.2, 0) is 11.3 Å². The molecule has 1 N–H and O–H groups in total. The highest BCUT2D eigenvalue weighted by Crippen LogP contribution is 2.33. The molecule has 1 aliphatic rings. The predicted molar refractivity (Wildman–Crippen MR) is 94.1 cm³/mol. The quantitative estimate of drug-likeness (QED) is 0.928. The molecule has 3 rings (SSSR count). The summed E-state index contributed by atoms with van der Waals surface area (Å²) in [6, 6.07) is 12.6. The number of amides is 2. The molecule has 0 fully saturated rings. The van der Waals surface area contributed by atoms with Crippen LogP contribution in [0.25, 0.3) is 0 Å². The van der Waals surface area contributed by atoms with Gasteiger partial charge in [0.15, 0.2) is 6.10 Å². The van der Waals surface area contributed by atoms with Crippen LogP contribution < -0.4 is 19.7 Å². The maximum atomic E-state index is 12.4. The van der Waals surface area contributed by atoms with Crippen LogP contribution >= 0.6 is 0 Å². The average molecular weight is 340 g/mol. The van der Waals surface area contributed by atoms with Gasteiger partial charge in [-0.3, -0.25) is 9.59 Å². The van der Waals surface area contributed by atoms with Crippen LogP contribution in [0.5, 0.6) is 11.5 Å². The summed E-state index contributed by atoms with van der Waals surface area (Å²) in [5.41, 5.74) is 2.12. The zero-order valence-corrected chi connectivity index (χ0v) is 14.4. The third-order valence-corrected chi connectivity index (χ3v) is 4.18. The Bertz CT molecular complexity index is 802. The first-order valence-corrected chi connectivity index (χ1v) is 7.99.